The molecule has 7 heteroatoms. The van der Waals surface area contributed by atoms with Crippen LogP contribution in [0.15, 0.2) is 22.5 Å². The Balaban J connectivity index is 1.97. The molecule has 0 aliphatic carbocycles. The van der Waals surface area contributed by atoms with Gasteiger partial charge in [0.05, 0.1) is 5.69 Å². The average molecular weight is 287 g/mol. The molecule has 2 heterocycles. The second-order valence-electron chi connectivity index (χ2n) is 3.49. The number of thioether (sulfide) groups is 1. The molecule has 0 saturated heterocycles. The summed E-state index contributed by atoms with van der Waals surface area (Å²) in [7, 11) is 3.90. The molecule has 2 rings (SSSR count). The lowest BCUT2D eigenvalue weighted by atomic mass is 10.4. The summed E-state index contributed by atoms with van der Waals surface area (Å²) >= 11 is 9.01. The van der Waals surface area contributed by atoms with Crippen LogP contribution in [0.2, 0.25) is 5.15 Å². The third-order valence-electron chi connectivity index (χ3n) is 1.89. The van der Waals surface area contributed by atoms with E-state index >= 15 is 0 Å². The van der Waals surface area contributed by atoms with Gasteiger partial charge in [0.1, 0.15) is 5.15 Å². The van der Waals surface area contributed by atoms with Gasteiger partial charge in [-0.25, -0.2) is 4.98 Å². The van der Waals surface area contributed by atoms with Gasteiger partial charge in [0, 0.05) is 19.8 Å². The molecular formula is C10H11ClN4S2. The van der Waals surface area contributed by atoms with Crippen LogP contribution in [-0.2, 0) is 5.75 Å². The van der Waals surface area contributed by atoms with Gasteiger partial charge in [0.15, 0.2) is 4.34 Å². The molecular weight excluding hydrogens is 276 g/mol. The van der Waals surface area contributed by atoms with Crippen LogP contribution in [0.25, 0.3) is 0 Å². The lowest BCUT2D eigenvalue weighted by molar-refractivity contribution is 0.972. The Morgan fingerprint density at radius 3 is 2.82 bits per heavy atom. The van der Waals surface area contributed by atoms with Crippen molar-refractivity contribution in [2.24, 2.45) is 0 Å². The zero-order valence-electron chi connectivity index (χ0n) is 9.42. The number of aromatic nitrogens is 3. The highest BCUT2D eigenvalue weighted by atomic mass is 35.5. The lowest BCUT2D eigenvalue weighted by Crippen LogP contribution is -2.07. The molecule has 2 aromatic rings. The first kappa shape index (κ1) is 12.6. The van der Waals surface area contributed by atoms with E-state index in [2.05, 4.69) is 15.2 Å². The van der Waals surface area contributed by atoms with E-state index < -0.39 is 0 Å². The van der Waals surface area contributed by atoms with Crippen LogP contribution in [0.4, 0.5) is 5.13 Å². The Morgan fingerprint density at radius 1 is 1.35 bits per heavy atom. The zero-order valence-corrected chi connectivity index (χ0v) is 11.8. The van der Waals surface area contributed by atoms with E-state index in [-0.39, 0.29) is 0 Å². The molecule has 0 saturated carbocycles. The quantitative estimate of drug-likeness (QED) is 0.638. The van der Waals surface area contributed by atoms with E-state index in [0.717, 1.165) is 20.9 Å². The first-order chi connectivity index (χ1) is 8.15. The van der Waals surface area contributed by atoms with Gasteiger partial charge in [-0.3, -0.25) is 0 Å². The predicted molar refractivity (Wildman–Crippen MR) is 73.0 cm³/mol. The predicted octanol–water partition coefficient (Wildman–Crippen LogP) is 2.94. The summed E-state index contributed by atoms with van der Waals surface area (Å²) in [6.07, 6.45) is 0. The summed E-state index contributed by atoms with van der Waals surface area (Å²) in [5.41, 5.74) is 0.948. The van der Waals surface area contributed by atoms with Crippen molar-refractivity contribution >= 4 is 39.8 Å². The summed E-state index contributed by atoms with van der Waals surface area (Å²) in [5, 5.41) is 9.61. The molecule has 0 spiro atoms. The fourth-order valence-electron chi connectivity index (χ4n) is 1.11. The van der Waals surface area contributed by atoms with Gasteiger partial charge in [0.25, 0.3) is 0 Å². The van der Waals surface area contributed by atoms with Gasteiger partial charge in [-0.15, -0.1) is 10.2 Å². The third-order valence-corrected chi connectivity index (χ3v) is 4.36. The van der Waals surface area contributed by atoms with Gasteiger partial charge in [-0.1, -0.05) is 40.8 Å². The number of anilines is 1. The minimum Gasteiger partial charge on any atom is -0.353 e. The molecule has 0 aromatic carbocycles. The number of hydrogen-bond donors (Lipinski definition) is 0. The topological polar surface area (TPSA) is 41.9 Å². The fourth-order valence-corrected chi connectivity index (χ4v) is 2.96. The van der Waals surface area contributed by atoms with E-state index in [1.54, 1.807) is 29.2 Å². The molecule has 0 fully saturated rings. The summed E-state index contributed by atoms with van der Waals surface area (Å²) < 4.78 is 0.940. The van der Waals surface area contributed by atoms with Crippen LogP contribution in [0, 0.1) is 0 Å². The van der Waals surface area contributed by atoms with Crippen LogP contribution in [-0.4, -0.2) is 29.3 Å². The lowest BCUT2D eigenvalue weighted by Gasteiger charge is -2.03. The van der Waals surface area contributed by atoms with E-state index in [4.69, 9.17) is 11.6 Å². The van der Waals surface area contributed by atoms with Crippen molar-refractivity contribution in [1.82, 2.24) is 15.2 Å². The zero-order chi connectivity index (χ0) is 12.3. The molecule has 0 bridgehead atoms. The van der Waals surface area contributed by atoms with E-state index in [1.165, 1.54) is 0 Å². The molecule has 4 nitrogen and oxygen atoms in total. The summed E-state index contributed by atoms with van der Waals surface area (Å²) in [4.78, 5) is 6.16. The van der Waals surface area contributed by atoms with Crippen LogP contribution in [0.5, 0.6) is 0 Å². The number of hydrogen-bond acceptors (Lipinski definition) is 6. The number of nitrogens with zero attached hydrogens (tertiary/aromatic N) is 4. The van der Waals surface area contributed by atoms with E-state index in [1.807, 2.05) is 31.1 Å². The molecule has 0 radical (unpaired) electrons. The van der Waals surface area contributed by atoms with Crippen molar-refractivity contribution in [3.05, 3.63) is 29.0 Å². The second-order valence-corrected chi connectivity index (χ2v) is 6.05. The maximum absolute atomic E-state index is 5.82. The Morgan fingerprint density at radius 2 is 2.18 bits per heavy atom. The Bertz CT molecular complexity index is 501. The van der Waals surface area contributed by atoms with Crippen LogP contribution in [0.1, 0.15) is 5.69 Å². The monoisotopic (exact) mass is 286 g/mol. The summed E-state index contributed by atoms with van der Waals surface area (Å²) in [5.74, 6) is 0.753. The molecule has 0 atom stereocenters. The largest absolute Gasteiger partial charge is 0.353 e. The fraction of sp³-hybridized carbons (Fsp3) is 0.300. The van der Waals surface area contributed by atoms with Crippen molar-refractivity contribution in [1.29, 1.82) is 0 Å². The van der Waals surface area contributed by atoms with Crippen molar-refractivity contribution in [3.8, 4) is 0 Å². The molecule has 0 N–H and O–H groups in total. The normalized spacial score (nSPS) is 10.5. The molecule has 0 aliphatic heterocycles. The molecule has 0 unspecified atom stereocenters. The maximum atomic E-state index is 5.82. The van der Waals surface area contributed by atoms with Crippen LogP contribution in [0.3, 0.4) is 0 Å². The highest BCUT2D eigenvalue weighted by Crippen LogP contribution is 2.28. The van der Waals surface area contributed by atoms with E-state index in [9.17, 15) is 0 Å². The second kappa shape index (κ2) is 5.66. The van der Waals surface area contributed by atoms with Gasteiger partial charge in [0.2, 0.25) is 5.13 Å². The molecule has 0 amide bonds. The average Bonchev–Trinajstić information content (AvgIpc) is 2.75. The highest BCUT2D eigenvalue weighted by molar-refractivity contribution is 8.00. The number of pyridine rings is 1. The minimum absolute atomic E-state index is 0.523. The molecule has 0 aliphatic rings. The first-order valence-corrected chi connectivity index (χ1v) is 7.08. The SMILES string of the molecule is CN(C)c1nnc(SCc2cccc(Cl)n2)s1. The molecule has 2 aromatic heterocycles. The van der Waals surface area contributed by atoms with Gasteiger partial charge < -0.3 is 4.90 Å². The smallest absolute Gasteiger partial charge is 0.208 e. The number of rotatable bonds is 4. The number of halogens is 1. The van der Waals surface area contributed by atoms with Crippen molar-refractivity contribution in [2.75, 3.05) is 19.0 Å². The van der Waals surface area contributed by atoms with Gasteiger partial charge in [-0.05, 0) is 12.1 Å². The minimum atomic E-state index is 0.523. The van der Waals surface area contributed by atoms with E-state index in [0.29, 0.717) is 5.15 Å². The van der Waals surface area contributed by atoms with Crippen LogP contribution >= 0.6 is 34.7 Å². The molecule has 17 heavy (non-hydrogen) atoms. The van der Waals surface area contributed by atoms with Gasteiger partial charge >= 0.3 is 0 Å². The van der Waals surface area contributed by atoms with Crippen molar-refractivity contribution < 1.29 is 0 Å². The first-order valence-electron chi connectivity index (χ1n) is 4.90. The summed E-state index contributed by atoms with van der Waals surface area (Å²) in [6, 6.07) is 5.62. The molecule has 90 valence electrons. The van der Waals surface area contributed by atoms with Crippen molar-refractivity contribution in [3.63, 3.8) is 0 Å². The van der Waals surface area contributed by atoms with Gasteiger partial charge in [-0.2, -0.15) is 0 Å². The highest BCUT2D eigenvalue weighted by Gasteiger charge is 2.06. The standard InChI is InChI=1S/C10H11ClN4S2/c1-15(2)9-13-14-10(17-9)16-6-7-4-3-5-8(11)12-7/h3-5H,6H2,1-2H3. The van der Waals surface area contributed by atoms with Crippen molar-refractivity contribution in [2.45, 2.75) is 10.1 Å². The third kappa shape index (κ3) is 3.55. The Kier molecular flexibility index (Phi) is 4.20. The van der Waals surface area contributed by atoms with Crippen LogP contribution < -0.4 is 4.90 Å². The Labute approximate surface area is 113 Å². The Hall–Kier alpha value is -0.850. The maximum Gasteiger partial charge on any atom is 0.208 e. The summed E-state index contributed by atoms with van der Waals surface area (Å²) in [6.45, 7) is 0.